The zero-order valence-corrected chi connectivity index (χ0v) is 30.0. The van der Waals surface area contributed by atoms with Crippen LogP contribution in [0, 0.1) is 0 Å². The van der Waals surface area contributed by atoms with Crippen LogP contribution in [-0.4, -0.2) is 4.57 Å². The zero-order chi connectivity index (χ0) is 36.1. The lowest BCUT2D eigenvalue weighted by Gasteiger charge is -2.31. The molecular formula is C53H34N2. The normalized spacial score (nSPS) is 13.2. The first-order chi connectivity index (χ1) is 27.3. The third kappa shape index (κ3) is 4.14. The van der Waals surface area contributed by atoms with Crippen LogP contribution >= 0.6 is 0 Å². The van der Waals surface area contributed by atoms with Crippen LogP contribution < -0.4 is 4.90 Å². The van der Waals surface area contributed by atoms with Gasteiger partial charge in [0.1, 0.15) is 0 Å². The van der Waals surface area contributed by atoms with Gasteiger partial charge >= 0.3 is 0 Å². The van der Waals surface area contributed by atoms with E-state index in [0.717, 1.165) is 22.7 Å². The molecule has 0 atom stereocenters. The lowest BCUT2D eigenvalue weighted by Crippen LogP contribution is -2.25. The molecule has 2 aliphatic rings. The van der Waals surface area contributed by atoms with Crippen LogP contribution in [0.4, 0.5) is 17.1 Å². The lowest BCUT2D eigenvalue weighted by atomic mass is 9.70. The molecule has 0 saturated carbocycles. The maximum absolute atomic E-state index is 2.45. The van der Waals surface area contributed by atoms with E-state index < -0.39 is 0 Å². The number of benzene rings is 9. The summed E-state index contributed by atoms with van der Waals surface area (Å²) in [4.78, 5) is 2.45. The minimum Gasteiger partial charge on any atom is -0.310 e. The second-order valence-corrected chi connectivity index (χ2v) is 14.9. The van der Waals surface area contributed by atoms with E-state index in [0.29, 0.717) is 0 Å². The van der Waals surface area contributed by atoms with Crippen molar-refractivity contribution in [3.05, 3.63) is 229 Å². The lowest BCUT2D eigenvalue weighted by molar-refractivity contribution is 0.794. The molecule has 0 aliphatic heterocycles. The van der Waals surface area contributed by atoms with Crippen LogP contribution in [0.3, 0.4) is 0 Å². The molecule has 1 spiro atoms. The standard InChI is InChI=1S/C53H34N2/c1-2-16-37(17-3-1)55-51-25-13-9-21-44(51)45-30-28-40(34-52(45)55)54(38-27-26-35-14-4-5-15-36(35)32-38)39-29-31-50-46(33-39)43-20-8-12-24-49(43)53(50)47-22-10-6-18-41(47)42-19-7-11-23-48(42)53/h1-34H. The largest absolute Gasteiger partial charge is 0.310 e. The van der Waals surface area contributed by atoms with Crippen molar-refractivity contribution < 1.29 is 0 Å². The average Bonchev–Trinajstić information content (AvgIpc) is 3.85. The van der Waals surface area contributed by atoms with Crippen molar-refractivity contribution >= 4 is 49.6 Å². The molecule has 55 heavy (non-hydrogen) atoms. The van der Waals surface area contributed by atoms with Gasteiger partial charge in [-0.05, 0) is 110 Å². The molecule has 2 heteroatoms. The molecule has 0 N–H and O–H groups in total. The van der Waals surface area contributed by atoms with Crippen LogP contribution in [0.5, 0.6) is 0 Å². The summed E-state index contributed by atoms with van der Waals surface area (Å²) < 4.78 is 2.41. The second kappa shape index (κ2) is 11.4. The summed E-state index contributed by atoms with van der Waals surface area (Å²) in [5.41, 5.74) is 17.2. The topological polar surface area (TPSA) is 8.17 Å². The van der Waals surface area contributed by atoms with E-state index in [2.05, 4.69) is 216 Å². The highest BCUT2D eigenvalue weighted by Crippen LogP contribution is 2.63. The van der Waals surface area contributed by atoms with Crippen LogP contribution in [0.1, 0.15) is 22.3 Å². The summed E-state index contributed by atoms with van der Waals surface area (Å²) in [5, 5.41) is 4.94. The minimum absolute atomic E-state index is 0.374. The molecule has 2 aliphatic carbocycles. The number of para-hydroxylation sites is 2. The van der Waals surface area contributed by atoms with E-state index in [4.69, 9.17) is 0 Å². The maximum atomic E-state index is 2.45. The minimum atomic E-state index is -0.374. The molecule has 0 radical (unpaired) electrons. The SMILES string of the molecule is c1ccc(-n2c3ccccc3c3ccc(N(c4ccc5c(c4)-c4ccccc4C54c5ccccc5-c5ccccc54)c4ccc5ccccc5c4)cc32)cc1. The Morgan fingerprint density at radius 2 is 0.836 bits per heavy atom. The summed E-state index contributed by atoms with van der Waals surface area (Å²) in [7, 11) is 0. The molecule has 0 fully saturated rings. The summed E-state index contributed by atoms with van der Waals surface area (Å²) in [5.74, 6) is 0. The van der Waals surface area contributed by atoms with Gasteiger partial charge in [-0.1, -0.05) is 152 Å². The Morgan fingerprint density at radius 1 is 0.327 bits per heavy atom. The number of nitrogens with zero attached hydrogens (tertiary/aromatic N) is 2. The van der Waals surface area contributed by atoms with Gasteiger partial charge in [-0.3, -0.25) is 0 Å². The zero-order valence-electron chi connectivity index (χ0n) is 30.0. The Labute approximate surface area is 319 Å². The van der Waals surface area contributed by atoms with Gasteiger partial charge in [0.15, 0.2) is 0 Å². The van der Waals surface area contributed by atoms with Gasteiger partial charge in [0.2, 0.25) is 0 Å². The van der Waals surface area contributed by atoms with Gasteiger partial charge < -0.3 is 9.47 Å². The summed E-state index contributed by atoms with van der Waals surface area (Å²) in [6.07, 6.45) is 0. The first-order valence-electron chi connectivity index (χ1n) is 19.1. The highest BCUT2D eigenvalue weighted by Gasteiger charge is 2.51. The Hall–Kier alpha value is -7.16. The first kappa shape index (κ1) is 30.3. The van der Waals surface area contributed by atoms with E-state index in [-0.39, 0.29) is 5.41 Å². The molecule has 12 rings (SSSR count). The van der Waals surface area contributed by atoms with Crippen molar-refractivity contribution in [2.45, 2.75) is 5.41 Å². The Kier molecular flexibility index (Phi) is 6.29. The van der Waals surface area contributed by atoms with Crippen molar-refractivity contribution in [3.8, 4) is 27.9 Å². The maximum Gasteiger partial charge on any atom is 0.0725 e. The van der Waals surface area contributed by atoms with Gasteiger partial charge in [-0.15, -0.1) is 0 Å². The van der Waals surface area contributed by atoms with Crippen molar-refractivity contribution in [1.29, 1.82) is 0 Å². The van der Waals surface area contributed by atoms with Crippen molar-refractivity contribution in [2.24, 2.45) is 0 Å². The smallest absolute Gasteiger partial charge is 0.0725 e. The van der Waals surface area contributed by atoms with Gasteiger partial charge in [0, 0.05) is 33.5 Å². The second-order valence-electron chi connectivity index (χ2n) is 14.9. The summed E-state index contributed by atoms with van der Waals surface area (Å²) in [6, 6.07) is 76.3. The number of hydrogen-bond donors (Lipinski definition) is 0. The molecule has 2 nitrogen and oxygen atoms in total. The fourth-order valence-electron chi connectivity index (χ4n) is 9.94. The van der Waals surface area contributed by atoms with Gasteiger partial charge in [-0.2, -0.15) is 0 Å². The molecule has 1 aromatic heterocycles. The van der Waals surface area contributed by atoms with Gasteiger partial charge in [0.05, 0.1) is 16.4 Å². The van der Waals surface area contributed by atoms with Gasteiger partial charge in [0.25, 0.3) is 0 Å². The number of rotatable bonds is 4. The average molecular weight is 699 g/mol. The third-order valence-electron chi connectivity index (χ3n) is 12.2. The monoisotopic (exact) mass is 698 g/mol. The van der Waals surface area contributed by atoms with Crippen molar-refractivity contribution in [1.82, 2.24) is 4.57 Å². The molecule has 0 amide bonds. The molecule has 1 heterocycles. The summed E-state index contributed by atoms with van der Waals surface area (Å²) in [6.45, 7) is 0. The molecule has 0 saturated heterocycles. The molecule has 0 bridgehead atoms. The fraction of sp³-hybridized carbons (Fsp3) is 0.0189. The van der Waals surface area contributed by atoms with Crippen molar-refractivity contribution in [3.63, 3.8) is 0 Å². The van der Waals surface area contributed by atoms with Crippen LogP contribution in [0.2, 0.25) is 0 Å². The molecule has 0 unspecified atom stereocenters. The number of fused-ring (bicyclic) bond motifs is 14. The van der Waals surface area contributed by atoms with Crippen molar-refractivity contribution in [2.75, 3.05) is 4.90 Å². The molecular weight excluding hydrogens is 665 g/mol. The van der Waals surface area contributed by atoms with Gasteiger partial charge in [-0.25, -0.2) is 0 Å². The highest BCUT2D eigenvalue weighted by molar-refractivity contribution is 6.10. The van der Waals surface area contributed by atoms with E-state index in [1.54, 1.807) is 0 Å². The van der Waals surface area contributed by atoms with E-state index >= 15 is 0 Å². The first-order valence-corrected chi connectivity index (χ1v) is 19.1. The van der Waals surface area contributed by atoms with E-state index in [9.17, 15) is 0 Å². The molecule has 10 aromatic rings. The van der Waals surface area contributed by atoms with E-state index in [1.807, 2.05) is 0 Å². The quantitative estimate of drug-likeness (QED) is 0.178. The Bertz CT molecular complexity index is 3120. The predicted octanol–water partition coefficient (Wildman–Crippen LogP) is 13.8. The third-order valence-corrected chi connectivity index (χ3v) is 12.2. The van der Waals surface area contributed by atoms with E-state index in [1.165, 1.54) is 77.1 Å². The Balaban J connectivity index is 1.13. The number of hydrogen-bond acceptors (Lipinski definition) is 1. The summed E-state index contributed by atoms with van der Waals surface area (Å²) >= 11 is 0. The fourth-order valence-corrected chi connectivity index (χ4v) is 9.94. The highest BCUT2D eigenvalue weighted by atomic mass is 15.1. The Morgan fingerprint density at radius 3 is 1.58 bits per heavy atom. The predicted molar refractivity (Wildman–Crippen MR) is 229 cm³/mol. The van der Waals surface area contributed by atoms with Crippen LogP contribution in [-0.2, 0) is 5.41 Å². The van der Waals surface area contributed by atoms with Crippen LogP contribution in [0.15, 0.2) is 206 Å². The molecule has 9 aromatic carbocycles. The van der Waals surface area contributed by atoms with Crippen LogP contribution in [0.25, 0.3) is 60.5 Å². The number of aromatic nitrogens is 1. The molecule has 256 valence electrons. The number of anilines is 3.